The molecule has 2 aromatic carbocycles. The number of ether oxygens (including phenoxy) is 3. The zero-order valence-electron chi connectivity index (χ0n) is 35.4. The van der Waals surface area contributed by atoms with Crippen molar-refractivity contribution in [3.8, 4) is 39.8 Å². The summed E-state index contributed by atoms with van der Waals surface area (Å²) in [5.41, 5.74) is 9.67. The van der Waals surface area contributed by atoms with Gasteiger partial charge in [0.25, 0.3) is 0 Å². The lowest BCUT2D eigenvalue weighted by atomic mass is 9.91. The summed E-state index contributed by atoms with van der Waals surface area (Å²) in [4.78, 5) is 21.1. The third-order valence-electron chi connectivity index (χ3n) is 8.95. The summed E-state index contributed by atoms with van der Waals surface area (Å²) < 4.78 is 20.6. The highest BCUT2D eigenvalue weighted by atomic mass is 35.5. The van der Waals surface area contributed by atoms with E-state index in [0.29, 0.717) is 68.5 Å². The normalized spacial score (nSPS) is 13.6. The van der Waals surface area contributed by atoms with E-state index in [0.717, 1.165) is 28.7 Å². The fourth-order valence-electron chi connectivity index (χ4n) is 6.96. The SMILES string of the molecule is CC(C)C[C@@](C)(COc1ccc(-c2cc(Cl)nn3ccnc23)cc1Cl)NC(=O)OC(C)(C)C.CC(C)C[C@](C)(N)COc1ccc(-c2cc(Cl)nn3ccnc23)cc1C#N. The number of alkyl carbamates (subject to hydrolysis) is 1. The molecule has 60 heavy (non-hydrogen) atoms. The second kappa shape index (κ2) is 19.1. The first-order valence-corrected chi connectivity index (χ1v) is 20.7. The lowest BCUT2D eigenvalue weighted by Crippen LogP contribution is -2.52. The molecule has 0 bridgehead atoms. The number of hydrogen-bond acceptors (Lipinski definition) is 10. The van der Waals surface area contributed by atoms with Gasteiger partial charge in [-0.05, 0) is 107 Å². The number of nitrogens with two attached hydrogens (primary N) is 1. The Morgan fingerprint density at radius 1 is 0.783 bits per heavy atom. The number of hydrogen-bond donors (Lipinski definition) is 2. The van der Waals surface area contributed by atoms with Crippen LogP contribution in [-0.4, -0.2) is 65.2 Å². The quantitative estimate of drug-likeness (QED) is 0.114. The van der Waals surface area contributed by atoms with E-state index in [1.807, 2.05) is 46.8 Å². The number of rotatable bonds is 13. The number of fused-ring (bicyclic) bond motifs is 2. The second-order valence-electron chi connectivity index (χ2n) is 17.2. The summed E-state index contributed by atoms with van der Waals surface area (Å²) in [5, 5.41) is 22.1. The minimum Gasteiger partial charge on any atom is -0.490 e. The van der Waals surface area contributed by atoms with Crippen molar-refractivity contribution in [3.05, 3.63) is 94.2 Å². The molecule has 0 saturated heterocycles. The standard InChI is InChI=1S/C24H30Cl2N4O3.C20H22ClN5O/c1-15(2)13-24(6,28-22(31)33-23(3,4)5)14-32-19-8-7-16(11-18(19)25)17-12-20(26)29-30-10-9-27-21(17)30;1-13(2)10-20(3,23)12-27-17-5-4-14(8-15(17)11-22)16-9-18(21)25-26-7-6-24-19(16)26/h7-12,15H,13-14H2,1-6H3,(H,28,31);4-9,13H,10,12,23H2,1-3H3/t24-;20-/m00/s1. The number of nitrogens with one attached hydrogen (secondary N) is 1. The number of imidazole rings is 2. The molecule has 1 amide bonds. The van der Waals surface area contributed by atoms with Crippen LogP contribution in [-0.2, 0) is 4.74 Å². The highest BCUT2D eigenvalue weighted by molar-refractivity contribution is 6.32. The van der Waals surface area contributed by atoms with E-state index in [1.54, 1.807) is 70.2 Å². The third kappa shape index (κ3) is 12.5. The van der Waals surface area contributed by atoms with Crippen molar-refractivity contribution in [1.29, 1.82) is 5.26 Å². The molecule has 0 radical (unpaired) electrons. The molecule has 2 atom stereocenters. The van der Waals surface area contributed by atoms with Crippen molar-refractivity contribution in [2.45, 2.75) is 91.8 Å². The molecule has 318 valence electrons. The van der Waals surface area contributed by atoms with E-state index in [1.165, 1.54) is 0 Å². The molecule has 0 aliphatic heterocycles. The predicted octanol–water partition coefficient (Wildman–Crippen LogP) is 10.5. The maximum atomic E-state index is 12.4. The minimum atomic E-state index is -0.640. The Morgan fingerprint density at radius 3 is 1.80 bits per heavy atom. The Bertz CT molecular complexity index is 2490. The summed E-state index contributed by atoms with van der Waals surface area (Å²) in [5.74, 6) is 1.83. The zero-order chi connectivity index (χ0) is 44.0. The maximum Gasteiger partial charge on any atom is 0.408 e. The van der Waals surface area contributed by atoms with Gasteiger partial charge in [-0.25, -0.2) is 23.8 Å². The number of halogens is 3. The predicted molar refractivity (Wildman–Crippen MR) is 237 cm³/mol. The van der Waals surface area contributed by atoms with E-state index < -0.39 is 22.8 Å². The molecule has 0 fully saturated rings. The van der Waals surface area contributed by atoms with Gasteiger partial charge in [0, 0.05) is 41.5 Å². The van der Waals surface area contributed by atoms with Gasteiger partial charge in [-0.2, -0.15) is 15.5 Å². The van der Waals surface area contributed by atoms with Crippen molar-refractivity contribution in [2.75, 3.05) is 13.2 Å². The number of nitrogens with zero attached hydrogens (tertiary/aromatic N) is 7. The lowest BCUT2D eigenvalue weighted by molar-refractivity contribution is 0.0408. The summed E-state index contributed by atoms with van der Waals surface area (Å²) in [6, 6.07) is 16.6. The van der Waals surface area contributed by atoms with Gasteiger partial charge in [-0.15, -0.1) is 0 Å². The lowest BCUT2D eigenvalue weighted by Gasteiger charge is -2.33. The monoisotopic (exact) mass is 875 g/mol. The van der Waals surface area contributed by atoms with E-state index >= 15 is 0 Å². The van der Waals surface area contributed by atoms with Crippen molar-refractivity contribution in [1.82, 2.24) is 34.5 Å². The van der Waals surface area contributed by atoms with E-state index in [9.17, 15) is 10.1 Å². The van der Waals surface area contributed by atoms with Crippen LogP contribution in [0.4, 0.5) is 4.79 Å². The van der Waals surface area contributed by atoms with Crippen LogP contribution >= 0.6 is 34.8 Å². The fourth-order valence-corrected chi connectivity index (χ4v) is 7.58. The molecule has 6 rings (SSSR count). The van der Waals surface area contributed by atoms with Crippen molar-refractivity contribution in [3.63, 3.8) is 0 Å². The highest BCUT2D eigenvalue weighted by Gasteiger charge is 2.31. The molecule has 0 saturated carbocycles. The van der Waals surface area contributed by atoms with Crippen LogP contribution in [0.3, 0.4) is 0 Å². The Morgan fingerprint density at radius 2 is 1.30 bits per heavy atom. The van der Waals surface area contributed by atoms with Gasteiger partial charge in [0.1, 0.15) is 36.4 Å². The summed E-state index contributed by atoms with van der Waals surface area (Å²) in [6.07, 6.45) is 7.83. The number of amides is 1. The molecule has 0 aliphatic rings. The minimum absolute atomic E-state index is 0.231. The molecule has 0 spiro atoms. The van der Waals surface area contributed by atoms with Crippen LogP contribution in [0, 0.1) is 23.2 Å². The average molecular weight is 877 g/mol. The average Bonchev–Trinajstić information content (AvgIpc) is 3.81. The van der Waals surface area contributed by atoms with Gasteiger partial charge < -0.3 is 25.3 Å². The van der Waals surface area contributed by atoms with Crippen LogP contribution in [0.5, 0.6) is 11.5 Å². The van der Waals surface area contributed by atoms with Crippen molar-refractivity contribution < 1.29 is 19.0 Å². The first kappa shape index (κ1) is 45.9. The zero-order valence-corrected chi connectivity index (χ0v) is 37.7. The number of carbonyl (C=O) groups is 1. The van der Waals surface area contributed by atoms with E-state index in [-0.39, 0.29) is 6.61 Å². The summed E-state index contributed by atoms with van der Waals surface area (Å²) in [7, 11) is 0. The van der Waals surface area contributed by atoms with Crippen LogP contribution in [0.2, 0.25) is 15.3 Å². The van der Waals surface area contributed by atoms with Gasteiger partial charge >= 0.3 is 6.09 Å². The molecular formula is C44H52Cl3N9O4. The molecular weight excluding hydrogens is 825 g/mol. The molecule has 4 aromatic heterocycles. The number of benzene rings is 2. The van der Waals surface area contributed by atoms with Crippen LogP contribution in [0.1, 0.15) is 80.7 Å². The maximum absolute atomic E-state index is 12.4. The number of carbonyl (C=O) groups excluding carboxylic acids is 1. The molecule has 16 heteroatoms. The molecule has 0 unspecified atom stereocenters. The first-order chi connectivity index (χ1) is 28.1. The van der Waals surface area contributed by atoms with Crippen molar-refractivity contribution in [2.24, 2.45) is 17.6 Å². The Labute approximate surface area is 366 Å². The molecule has 0 aliphatic carbocycles. The van der Waals surface area contributed by atoms with Crippen molar-refractivity contribution >= 4 is 52.2 Å². The second-order valence-corrected chi connectivity index (χ2v) is 18.4. The van der Waals surface area contributed by atoms with Crippen LogP contribution in [0.15, 0.2) is 73.3 Å². The summed E-state index contributed by atoms with van der Waals surface area (Å²) in [6.45, 7) is 18.4. The Kier molecular flexibility index (Phi) is 14.6. The molecule has 13 nitrogen and oxygen atoms in total. The van der Waals surface area contributed by atoms with Gasteiger partial charge in [0.2, 0.25) is 0 Å². The third-order valence-corrected chi connectivity index (χ3v) is 9.62. The fraction of sp³-hybridized carbons (Fsp3) is 0.409. The molecule has 4 heterocycles. The molecule has 3 N–H and O–H groups in total. The first-order valence-electron chi connectivity index (χ1n) is 19.5. The molecule has 6 aromatic rings. The van der Waals surface area contributed by atoms with Gasteiger partial charge in [-0.3, -0.25) is 0 Å². The van der Waals surface area contributed by atoms with Crippen LogP contribution < -0.4 is 20.5 Å². The van der Waals surface area contributed by atoms with Gasteiger partial charge in [0.05, 0.1) is 16.1 Å². The Balaban J connectivity index is 0.000000232. The van der Waals surface area contributed by atoms with E-state index in [2.05, 4.69) is 59.2 Å². The van der Waals surface area contributed by atoms with E-state index in [4.69, 9.17) is 54.7 Å². The number of nitriles is 1. The van der Waals surface area contributed by atoms with Gasteiger partial charge in [0.15, 0.2) is 21.6 Å². The Hall–Kier alpha value is -5.13. The number of aromatic nitrogens is 6. The summed E-state index contributed by atoms with van der Waals surface area (Å²) >= 11 is 18.8. The van der Waals surface area contributed by atoms with Gasteiger partial charge in [-0.1, -0.05) is 74.6 Å². The highest BCUT2D eigenvalue weighted by Crippen LogP contribution is 2.34. The topological polar surface area (TPSA) is 167 Å². The largest absolute Gasteiger partial charge is 0.490 e. The smallest absolute Gasteiger partial charge is 0.408 e. The van der Waals surface area contributed by atoms with Crippen LogP contribution in [0.25, 0.3) is 33.5 Å².